The predicted molar refractivity (Wildman–Crippen MR) is 82.0 cm³/mol. The Morgan fingerprint density at radius 2 is 2.04 bits per heavy atom. The van der Waals surface area contributed by atoms with E-state index in [0.29, 0.717) is 12.5 Å². The summed E-state index contributed by atoms with van der Waals surface area (Å²) in [5.74, 6) is -2.35. The van der Waals surface area contributed by atoms with Gasteiger partial charge in [-0.05, 0) is 24.5 Å². The molecule has 0 fully saturated rings. The van der Waals surface area contributed by atoms with E-state index >= 15 is 0 Å². The van der Waals surface area contributed by atoms with Gasteiger partial charge in [0.25, 0.3) is 5.91 Å². The predicted octanol–water partition coefficient (Wildman–Crippen LogP) is 2.66. The highest BCUT2D eigenvalue weighted by atomic mass is 19.1. The number of benzene rings is 1. The summed E-state index contributed by atoms with van der Waals surface area (Å²) in [4.78, 5) is 25.4. The summed E-state index contributed by atoms with van der Waals surface area (Å²) in [7, 11) is 1.26. The molecule has 5 nitrogen and oxygen atoms in total. The average molecular weight is 339 g/mol. The molecule has 7 heteroatoms. The van der Waals surface area contributed by atoms with E-state index in [9.17, 15) is 18.4 Å². The molecule has 2 rings (SSSR count). The Balaban J connectivity index is 2.13. The molecule has 1 aromatic rings. The van der Waals surface area contributed by atoms with Gasteiger partial charge in [-0.3, -0.25) is 4.79 Å². The molecule has 130 valence electrons. The van der Waals surface area contributed by atoms with Gasteiger partial charge in [-0.25, -0.2) is 13.6 Å². The minimum atomic E-state index is -0.867. The molecule has 0 N–H and O–H groups in total. The maximum absolute atomic E-state index is 13.6. The van der Waals surface area contributed by atoms with Crippen LogP contribution >= 0.6 is 0 Å². The largest absolute Gasteiger partial charge is 0.467 e. The topological polar surface area (TPSA) is 55.8 Å². The number of nitrogens with zero attached hydrogens (tertiary/aromatic N) is 1. The number of carbonyl (C=O) groups is 2. The molecule has 0 aromatic heterocycles. The minimum Gasteiger partial charge on any atom is -0.467 e. The summed E-state index contributed by atoms with van der Waals surface area (Å²) in [6.45, 7) is 3.87. The first-order valence-electron chi connectivity index (χ1n) is 7.53. The Hall–Kier alpha value is -2.44. The number of amides is 1. The van der Waals surface area contributed by atoms with Crippen molar-refractivity contribution in [3.8, 4) is 5.75 Å². The summed E-state index contributed by atoms with van der Waals surface area (Å²) >= 11 is 0. The van der Waals surface area contributed by atoms with Gasteiger partial charge in [0.1, 0.15) is 17.6 Å². The van der Waals surface area contributed by atoms with Crippen molar-refractivity contribution in [3.05, 3.63) is 41.7 Å². The summed E-state index contributed by atoms with van der Waals surface area (Å²) in [5.41, 5.74) is 0. The lowest BCUT2D eigenvalue weighted by atomic mass is 10.0. The molecule has 1 atom stereocenters. The number of ether oxygens (including phenoxy) is 2. The van der Waals surface area contributed by atoms with Crippen molar-refractivity contribution in [1.82, 2.24) is 4.90 Å². The first-order chi connectivity index (χ1) is 11.3. The number of carbonyl (C=O) groups excluding carboxylic acids is 2. The smallest absolute Gasteiger partial charge is 0.328 e. The van der Waals surface area contributed by atoms with Crippen molar-refractivity contribution in [2.45, 2.75) is 26.3 Å². The van der Waals surface area contributed by atoms with Crippen molar-refractivity contribution in [3.63, 3.8) is 0 Å². The zero-order valence-electron chi connectivity index (χ0n) is 13.7. The first kappa shape index (κ1) is 17.9. The van der Waals surface area contributed by atoms with Gasteiger partial charge in [-0.15, -0.1) is 0 Å². The summed E-state index contributed by atoms with van der Waals surface area (Å²) in [6, 6.07) is 2.16. The van der Waals surface area contributed by atoms with E-state index in [1.54, 1.807) is 0 Å². The lowest BCUT2D eigenvalue weighted by Crippen LogP contribution is -2.44. The molecule has 0 saturated heterocycles. The van der Waals surface area contributed by atoms with Crippen LogP contribution in [0.2, 0.25) is 0 Å². The van der Waals surface area contributed by atoms with Gasteiger partial charge in [0, 0.05) is 12.1 Å². The normalized spacial score (nSPS) is 15.5. The molecule has 1 unspecified atom stereocenters. The van der Waals surface area contributed by atoms with Crippen molar-refractivity contribution in [1.29, 1.82) is 0 Å². The highest BCUT2D eigenvalue weighted by molar-refractivity contribution is 5.94. The van der Waals surface area contributed by atoms with E-state index < -0.39 is 29.6 Å². The number of methoxy groups -OCH3 is 1. The highest BCUT2D eigenvalue weighted by Crippen LogP contribution is 2.25. The van der Waals surface area contributed by atoms with Crippen molar-refractivity contribution in [2.75, 3.05) is 13.7 Å². The van der Waals surface area contributed by atoms with E-state index in [1.807, 2.05) is 13.8 Å². The van der Waals surface area contributed by atoms with Crippen LogP contribution in [-0.2, 0) is 14.3 Å². The number of rotatable bonds is 6. The molecule has 1 aliphatic rings. The van der Waals surface area contributed by atoms with Crippen LogP contribution in [0.25, 0.3) is 0 Å². The quantitative estimate of drug-likeness (QED) is 0.748. The number of esters is 1. The van der Waals surface area contributed by atoms with Crippen LogP contribution in [0.3, 0.4) is 0 Å². The van der Waals surface area contributed by atoms with Crippen LogP contribution in [-0.4, -0.2) is 36.5 Å². The third kappa shape index (κ3) is 4.10. The van der Waals surface area contributed by atoms with Gasteiger partial charge in [-0.2, -0.15) is 0 Å². The second kappa shape index (κ2) is 7.42. The monoisotopic (exact) mass is 339 g/mol. The highest BCUT2D eigenvalue weighted by Gasteiger charge is 2.35. The standard InChI is InChI=1S/C17H19F2NO4/c1-10(2)6-14(17(22)23-3)20-9-12(8-16(20)21)24-15-5-4-11(18)7-13(15)19/h4-5,7-8,10,14H,6,9H2,1-3H3. The summed E-state index contributed by atoms with van der Waals surface area (Å²) < 4.78 is 36.7. The third-order valence-corrected chi connectivity index (χ3v) is 3.57. The van der Waals surface area contributed by atoms with Gasteiger partial charge in [0.2, 0.25) is 0 Å². The third-order valence-electron chi connectivity index (χ3n) is 3.57. The molecule has 0 saturated carbocycles. The summed E-state index contributed by atoms with van der Waals surface area (Å²) in [5, 5.41) is 0. The Bertz CT molecular complexity index is 673. The average Bonchev–Trinajstić information content (AvgIpc) is 2.87. The van der Waals surface area contributed by atoms with Crippen molar-refractivity contribution < 1.29 is 27.8 Å². The second-order valence-electron chi connectivity index (χ2n) is 5.92. The molecular formula is C17H19F2NO4. The maximum Gasteiger partial charge on any atom is 0.328 e. The zero-order valence-corrected chi connectivity index (χ0v) is 13.7. The summed E-state index contributed by atoms with van der Waals surface area (Å²) in [6.07, 6.45) is 1.63. The van der Waals surface area contributed by atoms with Crippen LogP contribution in [0.1, 0.15) is 20.3 Å². The second-order valence-corrected chi connectivity index (χ2v) is 5.92. The van der Waals surface area contributed by atoms with E-state index in [4.69, 9.17) is 9.47 Å². The molecule has 0 spiro atoms. The minimum absolute atomic E-state index is 0.0160. The number of hydrogen-bond donors (Lipinski definition) is 0. The van der Waals surface area contributed by atoms with Crippen LogP contribution in [0.5, 0.6) is 5.75 Å². The first-order valence-corrected chi connectivity index (χ1v) is 7.53. The fourth-order valence-electron chi connectivity index (χ4n) is 2.47. The van der Waals surface area contributed by atoms with E-state index in [0.717, 1.165) is 12.1 Å². The van der Waals surface area contributed by atoms with E-state index in [1.165, 1.54) is 18.1 Å². The zero-order chi connectivity index (χ0) is 17.9. The molecule has 1 aliphatic heterocycles. The fourth-order valence-corrected chi connectivity index (χ4v) is 2.47. The number of halogens is 2. The van der Waals surface area contributed by atoms with Gasteiger partial charge in [0.05, 0.1) is 13.7 Å². The molecule has 1 amide bonds. The molecule has 1 heterocycles. The molecular weight excluding hydrogens is 320 g/mol. The van der Waals surface area contributed by atoms with E-state index in [-0.39, 0.29) is 24.0 Å². The van der Waals surface area contributed by atoms with Crippen molar-refractivity contribution >= 4 is 11.9 Å². The Labute approximate surface area is 138 Å². The molecule has 1 aromatic carbocycles. The van der Waals surface area contributed by atoms with Crippen LogP contribution in [0.15, 0.2) is 30.0 Å². The molecule has 0 radical (unpaired) electrons. The molecule has 0 aliphatic carbocycles. The number of hydrogen-bond acceptors (Lipinski definition) is 4. The maximum atomic E-state index is 13.6. The molecule has 0 bridgehead atoms. The van der Waals surface area contributed by atoms with E-state index in [2.05, 4.69) is 0 Å². The fraction of sp³-hybridized carbons (Fsp3) is 0.412. The van der Waals surface area contributed by atoms with Crippen molar-refractivity contribution in [2.24, 2.45) is 5.92 Å². The Kier molecular flexibility index (Phi) is 5.54. The van der Waals surface area contributed by atoms with Gasteiger partial charge in [-0.1, -0.05) is 13.8 Å². The van der Waals surface area contributed by atoms with Gasteiger partial charge < -0.3 is 14.4 Å². The van der Waals surface area contributed by atoms with Crippen LogP contribution < -0.4 is 4.74 Å². The lowest BCUT2D eigenvalue weighted by Gasteiger charge is -2.27. The van der Waals surface area contributed by atoms with Crippen LogP contribution in [0, 0.1) is 17.6 Å². The Morgan fingerprint density at radius 3 is 2.62 bits per heavy atom. The van der Waals surface area contributed by atoms with Gasteiger partial charge in [0.15, 0.2) is 11.6 Å². The SMILES string of the molecule is COC(=O)C(CC(C)C)N1CC(Oc2ccc(F)cc2F)=CC1=O. The lowest BCUT2D eigenvalue weighted by molar-refractivity contribution is -0.151. The van der Waals surface area contributed by atoms with Crippen LogP contribution in [0.4, 0.5) is 8.78 Å². The molecule has 24 heavy (non-hydrogen) atoms. The Morgan fingerprint density at radius 1 is 1.33 bits per heavy atom. The van der Waals surface area contributed by atoms with Gasteiger partial charge >= 0.3 is 5.97 Å².